The van der Waals surface area contributed by atoms with Crippen molar-refractivity contribution in [1.82, 2.24) is 4.31 Å². The van der Waals surface area contributed by atoms with Crippen molar-refractivity contribution in [3.63, 3.8) is 0 Å². The van der Waals surface area contributed by atoms with Gasteiger partial charge in [-0.2, -0.15) is 4.31 Å². The molecule has 1 aromatic heterocycles. The maximum atomic E-state index is 13.1. The number of carbonyl (C=O) groups excluding carboxylic acids is 2. The van der Waals surface area contributed by atoms with Gasteiger partial charge in [-0.15, -0.1) is 11.3 Å². The molecule has 3 unspecified atom stereocenters. The summed E-state index contributed by atoms with van der Waals surface area (Å²) >= 11 is 1.42. The number of anilines is 1. The summed E-state index contributed by atoms with van der Waals surface area (Å²) in [7, 11) is -3.70. The molecule has 35 heavy (non-hydrogen) atoms. The quantitative estimate of drug-likeness (QED) is 0.576. The third-order valence-electron chi connectivity index (χ3n) is 6.36. The highest BCUT2D eigenvalue weighted by atomic mass is 32.2. The van der Waals surface area contributed by atoms with Crippen LogP contribution in [0.5, 0.6) is 0 Å². The highest BCUT2D eigenvalue weighted by Gasteiger charge is 2.33. The Morgan fingerprint density at radius 3 is 2.43 bits per heavy atom. The van der Waals surface area contributed by atoms with E-state index in [0.717, 1.165) is 29.7 Å². The highest BCUT2D eigenvalue weighted by Crippen LogP contribution is 2.40. The summed E-state index contributed by atoms with van der Waals surface area (Å²) in [6.45, 7) is 8.45. The number of rotatable bonds is 6. The fourth-order valence-corrected chi connectivity index (χ4v) is 7.67. The van der Waals surface area contributed by atoms with E-state index in [-0.39, 0.29) is 36.8 Å². The number of sulfonamides is 1. The molecule has 0 saturated carbocycles. The van der Waals surface area contributed by atoms with Gasteiger partial charge in [0.2, 0.25) is 10.0 Å². The van der Waals surface area contributed by atoms with Crippen molar-refractivity contribution in [2.24, 2.45) is 5.92 Å². The van der Waals surface area contributed by atoms with Crippen LogP contribution in [0, 0.1) is 5.92 Å². The summed E-state index contributed by atoms with van der Waals surface area (Å²) in [6.07, 6.45) is 2.26. The summed E-state index contributed by atoms with van der Waals surface area (Å²) in [5, 5.41) is 3.36. The first-order chi connectivity index (χ1) is 16.6. The van der Waals surface area contributed by atoms with Gasteiger partial charge in [-0.25, -0.2) is 13.2 Å². The van der Waals surface area contributed by atoms with Gasteiger partial charge in [0.15, 0.2) is 0 Å². The summed E-state index contributed by atoms with van der Waals surface area (Å²) in [4.78, 5) is 27.0. The van der Waals surface area contributed by atoms with Gasteiger partial charge in [0.25, 0.3) is 5.91 Å². The van der Waals surface area contributed by atoms with Crippen LogP contribution in [0.4, 0.5) is 5.00 Å². The van der Waals surface area contributed by atoms with Gasteiger partial charge in [0, 0.05) is 23.5 Å². The van der Waals surface area contributed by atoms with E-state index in [1.54, 1.807) is 6.92 Å². The van der Waals surface area contributed by atoms with Crippen LogP contribution in [0.2, 0.25) is 0 Å². The molecule has 1 fully saturated rings. The van der Waals surface area contributed by atoms with E-state index in [4.69, 9.17) is 9.47 Å². The van der Waals surface area contributed by atoms with Crippen molar-refractivity contribution in [3.05, 3.63) is 45.8 Å². The van der Waals surface area contributed by atoms with Crippen molar-refractivity contribution in [1.29, 1.82) is 0 Å². The molecule has 1 amide bonds. The van der Waals surface area contributed by atoms with Crippen molar-refractivity contribution < 1.29 is 27.5 Å². The number of hydrogen-bond acceptors (Lipinski definition) is 7. The van der Waals surface area contributed by atoms with Crippen molar-refractivity contribution in [2.45, 2.75) is 64.1 Å². The second-order valence-electron chi connectivity index (χ2n) is 9.33. The highest BCUT2D eigenvalue weighted by molar-refractivity contribution is 7.89. The Bertz CT molecular complexity index is 1200. The number of nitrogens with one attached hydrogen (secondary N) is 1. The first kappa shape index (κ1) is 25.8. The van der Waals surface area contributed by atoms with Crippen molar-refractivity contribution in [3.8, 4) is 0 Å². The molecule has 1 N–H and O–H groups in total. The van der Waals surface area contributed by atoms with E-state index in [1.165, 1.54) is 39.9 Å². The average molecular weight is 521 g/mol. The van der Waals surface area contributed by atoms with Crippen molar-refractivity contribution >= 4 is 38.2 Å². The van der Waals surface area contributed by atoms with Crippen molar-refractivity contribution in [2.75, 3.05) is 25.0 Å². The molecule has 190 valence electrons. The molecule has 1 saturated heterocycles. The van der Waals surface area contributed by atoms with E-state index >= 15 is 0 Å². The zero-order valence-electron chi connectivity index (χ0n) is 20.5. The molecule has 8 nitrogen and oxygen atoms in total. The molecular weight excluding hydrogens is 488 g/mol. The standard InChI is InChI=1S/C25H32N2O6S2/c1-5-32-25(29)22-20-11-6-15(2)12-21(20)34-24(22)26-23(28)18-7-9-19(10-8-18)35(30,31)27-13-16(3)33-17(4)14-27/h7-10,15-17H,5-6,11-14H2,1-4H3,(H,26,28). The number of amides is 1. The minimum atomic E-state index is -3.70. The predicted octanol–water partition coefficient (Wildman–Crippen LogP) is 4.10. The summed E-state index contributed by atoms with van der Waals surface area (Å²) in [5.41, 5.74) is 1.72. The molecule has 2 aromatic rings. The topological polar surface area (TPSA) is 102 Å². The number of fused-ring (bicyclic) bond motifs is 1. The third kappa shape index (κ3) is 5.45. The maximum Gasteiger partial charge on any atom is 0.341 e. The van der Waals surface area contributed by atoms with Gasteiger partial charge < -0.3 is 14.8 Å². The normalized spacial score (nSPS) is 22.9. The molecule has 0 radical (unpaired) electrons. The molecule has 1 aliphatic heterocycles. The minimum absolute atomic E-state index is 0.128. The smallest absolute Gasteiger partial charge is 0.341 e. The first-order valence-electron chi connectivity index (χ1n) is 12.0. The molecule has 2 heterocycles. The fourth-order valence-electron chi connectivity index (χ4n) is 4.69. The Morgan fingerprint density at radius 2 is 1.80 bits per heavy atom. The largest absolute Gasteiger partial charge is 0.462 e. The van der Waals surface area contributed by atoms with Crippen LogP contribution in [-0.2, 0) is 32.3 Å². The summed E-state index contributed by atoms with van der Waals surface area (Å²) < 4.78 is 38.5. The van der Waals surface area contributed by atoms with E-state index < -0.39 is 21.9 Å². The second kappa shape index (κ2) is 10.4. The average Bonchev–Trinajstić information content (AvgIpc) is 3.15. The van der Waals surface area contributed by atoms with Crippen LogP contribution in [0.1, 0.15) is 65.3 Å². The van der Waals surface area contributed by atoms with E-state index in [0.29, 0.717) is 22.0 Å². The molecule has 4 rings (SSSR count). The zero-order chi connectivity index (χ0) is 25.3. The molecule has 1 aromatic carbocycles. The van der Waals surface area contributed by atoms with Crippen LogP contribution in [0.25, 0.3) is 0 Å². The third-order valence-corrected chi connectivity index (χ3v) is 9.37. The Morgan fingerprint density at radius 1 is 1.14 bits per heavy atom. The lowest BCUT2D eigenvalue weighted by atomic mass is 9.88. The Hall–Kier alpha value is -2.27. The number of esters is 1. The van der Waals surface area contributed by atoms with Crippen LogP contribution in [0.3, 0.4) is 0 Å². The lowest BCUT2D eigenvalue weighted by Gasteiger charge is -2.34. The molecule has 1 aliphatic carbocycles. The molecule has 10 heteroatoms. The number of carbonyl (C=O) groups is 2. The Balaban J connectivity index is 1.55. The van der Waals surface area contributed by atoms with Gasteiger partial charge in [-0.3, -0.25) is 4.79 Å². The number of morpholine rings is 1. The number of thiophene rings is 1. The fraction of sp³-hybridized carbons (Fsp3) is 0.520. The lowest BCUT2D eigenvalue weighted by Crippen LogP contribution is -2.48. The Kier molecular flexibility index (Phi) is 7.65. The number of hydrogen-bond donors (Lipinski definition) is 1. The van der Waals surface area contributed by atoms with Crippen LogP contribution >= 0.6 is 11.3 Å². The van der Waals surface area contributed by atoms with E-state index in [2.05, 4.69) is 12.2 Å². The predicted molar refractivity (Wildman–Crippen MR) is 135 cm³/mol. The molecule has 0 spiro atoms. The first-order valence-corrected chi connectivity index (χ1v) is 14.2. The van der Waals surface area contributed by atoms with Gasteiger partial charge >= 0.3 is 5.97 Å². The number of nitrogens with zero attached hydrogens (tertiary/aromatic N) is 1. The number of ether oxygens (including phenoxy) is 2. The lowest BCUT2D eigenvalue weighted by molar-refractivity contribution is -0.0440. The number of benzene rings is 1. The molecule has 2 aliphatic rings. The maximum absolute atomic E-state index is 13.1. The van der Waals surface area contributed by atoms with E-state index in [9.17, 15) is 18.0 Å². The molecule has 3 atom stereocenters. The SMILES string of the molecule is CCOC(=O)c1c(NC(=O)c2ccc(S(=O)(=O)N3CC(C)OC(C)C3)cc2)sc2c1CCC(C)C2. The van der Waals surface area contributed by atoms with Crippen LogP contribution < -0.4 is 5.32 Å². The van der Waals surface area contributed by atoms with Gasteiger partial charge in [-0.05, 0) is 75.8 Å². The summed E-state index contributed by atoms with van der Waals surface area (Å²) in [6, 6.07) is 5.88. The van der Waals surface area contributed by atoms with Crippen LogP contribution in [-0.4, -0.2) is 56.5 Å². The van der Waals surface area contributed by atoms with E-state index in [1.807, 2.05) is 13.8 Å². The monoisotopic (exact) mass is 520 g/mol. The van der Waals surface area contributed by atoms with Gasteiger partial charge in [0.1, 0.15) is 5.00 Å². The van der Waals surface area contributed by atoms with Gasteiger partial charge in [-0.1, -0.05) is 6.92 Å². The summed E-state index contributed by atoms with van der Waals surface area (Å²) in [5.74, 6) is -0.309. The molecular formula is C25H32N2O6S2. The van der Waals surface area contributed by atoms with Crippen LogP contribution in [0.15, 0.2) is 29.2 Å². The van der Waals surface area contributed by atoms with Gasteiger partial charge in [0.05, 0.1) is 29.3 Å². The second-order valence-corrected chi connectivity index (χ2v) is 12.4. The minimum Gasteiger partial charge on any atom is -0.462 e. The molecule has 0 bridgehead atoms. The zero-order valence-corrected chi connectivity index (χ0v) is 22.1. The Labute approximate surface area is 210 Å².